The van der Waals surface area contributed by atoms with Gasteiger partial charge in [0.25, 0.3) is 0 Å². The van der Waals surface area contributed by atoms with Crippen molar-refractivity contribution in [1.29, 1.82) is 0 Å². The number of hydrogen-bond donors (Lipinski definition) is 0. The largest absolute Gasteiger partial charge is 0.496 e. The average Bonchev–Trinajstić information content (AvgIpc) is 2.59. The highest BCUT2D eigenvalue weighted by atomic mass is 16.6. The molecule has 1 heterocycles. The Labute approximate surface area is 141 Å². The van der Waals surface area contributed by atoms with Gasteiger partial charge in [-0.3, -0.25) is 0 Å². The van der Waals surface area contributed by atoms with Crippen molar-refractivity contribution in [3.63, 3.8) is 0 Å². The standard InChI is InChI=1S/C18H21NO5/c1-12(2)14-10-13(8-9-15(14)21-3)24-17-7-5-6-16(19-17)23-11-18(20)22-4/h5-10,12H,11H2,1-4H3. The smallest absolute Gasteiger partial charge is 0.343 e. The summed E-state index contributed by atoms with van der Waals surface area (Å²) in [5, 5.41) is 0. The van der Waals surface area contributed by atoms with Crippen molar-refractivity contribution in [3.8, 4) is 23.3 Å². The van der Waals surface area contributed by atoms with Crippen LogP contribution in [0.3, 0.4) is 0 Å². The van der Waals surface area contributed by atoms with E-state index < -0.39 is 5.97 Å². The molecule has 1 aromatic heterocycles. The molecule has 1 aromatic carbocycles. The molecule has 128 valence electrons. The van der Waals surface area contributed by atoms with E-state index in [2.05, 4.69) is 23.6 Å². The van der Waals surface area contributed by atoms with Crippen LogP contribution in [0.15, 0.2) is 36.4 Å². The molecule has 0 amide bonds. The summed E-state index contributed by atoms with van der Waals surface area (Å²) in [6.07, 6.45) is 0. The molecule has 0 fully saturated rings. The van der Waals surface area contributed by atoms with Crippen LogP contribution in [-0.4, -0.2) is 31.8 Å². The predicted octanol–water partition coefficient (Wildman–Crippen LogP) is 3.56. The lowest BCUT2D eigenvalue weighted by atomic mass is 10.0. The van der Waals surface area contributed by atoms with Gasteiger partial charge < -0.3 is 18.9 Å². The van der Waals surface area contributed by atoms with Crippen molar-refractivity contribution in [2.75, 3.05) is 20.8 Å². The summed E-state index contributed by atoms with van der Waals surface area (Å²) in [5.41, 5.74) is 1.05. The molecule has 2 aromatic rings. The lowest BCUT2D eigenvalue weighted by Crippen LogP contribution is -2.13. The van der Waals surface area contributed by atoms with E-state index in [1.165, 1.54) is 7.11 Å². The molecule has 0 radical (unpaired) electrons. The van der Waals surface area contributed by atoms with Gasteiger partial charge in [-0.15, -0.1) is 0 Å². The van der Waals surface area contributed by atoms with Gasteiger partial charge in [0.2, 0.25) is 11.8 Å². The topological polar surface area (TPSA) is 66.9 Å². The van der Waals surface area contributed by atoms with E-state index in [1.54, 1.807) is 25.3 Å². The first kappa shape index (κ1) is 17.6. The molecule has 0 atom stereocenters. The van der Waals surface area contributed by atoms with Crippen molar-refractivity contribution in [3.05, 3.63) is 42.0 Å². The van der Waals surface area contributed by atoms with Gasteiger partial charge in [0.1, 0.15) is 11.5 Å². The van der Waals surface area contributed by atoms with Gasteiger partial charge in [-0.1, -0.05) is 19.9 Å². The molecule has 0 aliphatic heterocycles. The van der Waals surface area contributed by atoms with Gasteiger partial charge in [-0.05, 0) is 24.1 Å². The summed E-state index contributed by atoms with van der Waals surface area (Å²) < 4.78 is 20.9. The third-order valence-corrected chi connectivity index (χ3v) is 3.31. The molecule has 0 bridgehead atoms. The molecule has 0 spiro atoms. The highest BCUT2D eigenvalue weighted by Gasteiger charge is 2.10. The molecule has 2 rings (SSSR count). The SMILES string of the molecule is COC(=O)COc1cccc(Oc2ccc(OC)c(C(C)C)c2)n1. The molecule has 6 heteroatoms. The van der Waals surface area contributed by atoms with Crippen LogP contribution in [0.4, 0.5) is 0 Å². The van der Waals surface area contributed by atoms with Crippen LogP contribution in [0.5, 0.6) is 23.3 Å². The number of esters is 1. The Morgan fingerprint density at radius 2 is 1.88 bits per heavy atom. The third kappa shape index (κ3) is 4.62. The number of methoxy groups -OCH3 is 2. The zero-order valence-electron chi connectivity index (χ0n) is 14.2. The molecule has 24 heavy (non-hydrogen) atoms. The number of hydrogen-bond acceptors (Lipinski definition) is 6. The van der Waals surface area contributed by atoms with E-state index in [-0.39, 0.29) is 12.5 Å². The molecule has 6 nitrogen and oxygen atoms in total. The highest BCUT2D eigenvalue weighted by molar-refractivity contribution is 5.70. The first-order chi connectivity index (χ1) is 11.5. The van der Waals surface area contributed by atoms with Crippen LogP contribution in [-0.2, 0) is 9.53 Å². The van der Waals surface area contributed by atoms with Crippen LogP contribution in [0.1, 0.15) is 25.3 Å². The lowest BCUT2D eigenvalue weighted by molar-refractivity contribution is -0.143. The third-order valence-electron chi connectivity index (χ3n) is 3.31. The molecule has 0 aliphatic carbocycles. The van der Waals surface area contributed by atoms with Gasteiger partial charge >= 0.3 is 5.97 Å². The quantitative estimate of drug-likeness (QED) is 0.723. The van der Waals surface area contributed by atoms with Crippen LogP contribution in [0, 0.1) is 0 Å². The maximum absolute atomic E-state index is 11.1. The summed E-state index contributed by atoms with van der Waals surface area (Å²) in [5.74, 6) is 1.95. The number of pyridine rings is 1. The Balaban J connectivity index is 2.13. The maximum Gasteiger partial charge on any atom is 0.343 e. The lowest BCUT2D eigenvalue weighted by Gasteiger charge is -2.14. The van der Waals surface area contributed by atoms with Crippen molar-refractivity contribution in [1.82, 2.24) is 4.98 Å². The fraction of sp³-hybridized carbons (Fsp3) is 0.333. The van der Waals surface area contributed by atoms with Crippen LogP contribution in [0.25, 0.3) is 0 Å². The Kier molecular flexibility index (Phi) is 6.01. The summed E-state index contributed by atoms with van der Waals surface area (Å²) in [6.45, 7) is 3.97. The summed E-state index contributed by atoms with van der Waals surface area (Å²) in [6, 6.07) is 10.7. The minimum Gasteiger partial charge on any atom is -0.496 e. The van der Waals surface area contributed by atoms with E-state index in [0.29, 0.717) is 17.5 Å². The number of carbonyl (C=O) groups is 1. The van der Waals surface area contributed by atoms with Gasteiger partial charge in [-0.2, -0.15) is 4.98 Å². The second-order valence-electron chi connectivity index (χ2n) is 5.34. The first-order valence-corrected chi connectivity index (χ1v) is 7.56. The van der Waals surface area contributed by atoms with Crippen LogP contribution in [0.2, 0.25) is 0 Å². The van der Waals surface area contributed by atoms with Crippen molar-refractivity contribution >= 4 is 5.97 Å². The van der Waals surface area contributed by atoms with Crippen molar-refractivity contribution in [2.24, 2.45) is 0 Å². The number of carbonyl (C=O) groups excluding carboxylic acids is 1. The van der Waals surface area contributed by atoms with E-state index in [0.717, 1.165) is 11.3 Å². The zero-order chi connectivity index (χ0) is 17.5. The monoisotopic (exact) mass is 331 g/mol. The van der Waals surface area contributed by atoms with Crippen LogP contribution >= 0.6 is 0 Å². The Morgan fingerprint density at radius 3 is 2.54 bits per heavy atom. The zero-order valence-corrected chi connectivity index (χ0v) is 14.2. The average molecular weight is 331 g/mol. The molecular weight excluding hydrogens is 310 g/mol. The normalized spacial score (nSPS) is 10.4. The van der Waals surface area contributed by atoms with E-state index in [4.69, 9.17) is 14.2 Å². The Morgan fingerprint density at radius 1 is 1.12 bits per heavy atom. The number of rotatable bonds is 7. The van der Waals surface area contributed by atoms with Gasteiger partial charge in [0.15, 0.2) is 6.61 Å². The summed E-state index contributed by atoms with van der Waals surface area (Å²) in [7, 11) is 2.94. The minimum atomic E-state index is -0.472. The van der Waals surface area contributed by atoms with Crippen molar-refractivity contribution < 1.29 is 23.7 Å². The second-order valence-corrected chi connectivity index (χ2v) is 5.34. The Hall–Kier alpha value is -2.76. The first-order valence-electron chi connectivity index (χ1n) is 7.56. The fourth-order valence-corrected chi connectivity index (χ4v) is 2.07. The number of benzene rings is 1. The second kappa shape index (κ2) is 8.19. The Bertz CT molecular complexity index is 700. The predicted molar refractivity (Wildman–Crippen MR) is 88.9 cm³/mol. The van der Waals surface area contributed by atoms with E-state index in [9.17, 15) is 4.79 Å². The molecule has 0 aliphatic rings. The maximum atomic E-state index is 11.1. The molecular formula is C18H21NO5. The highest BCUT2D eigenvalue weighted by Crippen LogP contribution is 2.32. The minimum absolute atomic E-state index is 0.201. The molecule has 0 saturated heterocycles. The van der Waals surface area contributed by atoms with Gasteiger partial charge in [0, 0.05) is 17.7 Å². The summed E-state index contributed by atoms with van der Waals surface area (Å²) in [4.78, 5) is 15.3. The van der Waals surface area contributed by atoms with Crippen LogP contribution < -0.4 is 14.2 Å². The van der Waals surface area contributed by atoms with E-state index >= 15 is 0 Å². The number of nitrogens with zero attached hydrogens (tertiary/aromatic N) is 1. The van der Waals surface area contributed by atoms with Gasteiger partial charge in [-0.25, -0.2) is 4.79 Å². The van der Waals surface area contributed by atoms with Crippen molar-refractivity contribution in [2.45, 2.75) is 19.8 Å². The molecule has 0 N–H and O–H groups in total. The number of aromatic nitrogens is 1. The molecule has 0 saturated carbocycles. The van der Waals surface area contributed by atoms with Gasteiger partial charge in [0.05, 0.1) is 14.2 Å². The number of ether oxygens (including phenoxy) is 4. The fourth-order valence-electron chi connectivity index (χ4n) is 2.07. The molecule has 0 unspecified atom stereocenters. The van der Waals surface area contributed by atoms with E-state index in [1.807, 2.05) is 18.2 Å². The summed E-state index contributed by atoms with van der Waals surface area (Å²) >= 11 is 0.